The number of phenols is 1. The van der Waals surface area contributed by atoms with E-state index in [4.69, 9.17) is 4.74 Å². The zero-order chi connectivity index (χ0) is 9.42. The van der Waals surface area contributed by atoms with Crippen LogP contribution in [0.15, 0.2) is 12.1 Å². The number of fused-ring (bicyclic) bond motifs is 1. The van der Waals surface area contributed by atoms with Gasteiger partial charge in [0.05, 0.1) is 0 Å². The molecule has 0 spiro atoms. The molecule has 2 heteroatoms. The molecule has 0 saturated heterocycles. The van der Waals surface area contributed by atoms with Gasteiger partial charge in [0.15, 0.2) is 0 Å². The molecule has 1 aliphatic heterocycles. The molecule has 0 radical (unpaired) electrons. The van der Waals surface area contributed by atoms with Crippen molar-refractivity contribution in [2.24, 2.45) is 0 Å². The van der Waals surface area contributed by atoms with Gasteiger partial charge < -0.3 is 9.84 Å². The number of aromatic hydroxyl groups is 1. The molecule has 2 rings (SSSR count). The first-order valence-electron chi connectivity index (χ1n) is 4.32. The minimum atomic E-state index is 0.339. The van der Waals surface area contributed by atoms with Crippen molar-refractivity contribution in [2.45, 2.75) is 13.8 Å². The lowest BCUT2D eigenvalue weighted by atomic mass is 10.0. The number of benzene rings is 1. The van der Waals surface area contributed by atoms with Gasteiger partial charge in [0.2, 0.25) is 0 Å². The summed E-state index contributed by atoms with van der Waals surface area (Å²) in [6.07, 6.45) is 3.95. The van der Waals surface area contributed by atoms with Crippen molar-refractivity contribution < 1.29 is 9.84 Å². The molecule has 1 heterocycles. The van der Waals surface area contributed by atoms with E-state index < -0.39 is 0 Å². The number of aryl methyl sites for hydroxylation is 1. The highest BCUT2D eigenvalue weighted by molar-refractivity contribution is 5.68. The fraction of sp³-hybridized carbons (Fsp3) is 0.273. The summed E-state index contributed by atoms with van der Waals surface area (Å²) in [5, 5.41) is 9.57. The molecule has 0 bridgehead atoms. The van der Waals surface area contributed by atoms with E-state index >= 15 is 0 Å². The number of phenolic OH excluding ortho intramolecular Hbond substituents is 1. The van der Waals surface area contributed by atoms with Crippen molar-refractivity contribution >= 4 is 6.08 Å². The van der Waals surface area contributed by atoms with Gasteiger partial charge in [0.1, 0.15) is 18.1 Å². The first-order valence-corrected chi connectivity index (χ1v) is 4.32. The second-order valence-corrected chi connectivity index (χ2v) is 3.29. The van der Waals surface area contributed by atoms with Crippen LogP contribution in [-0.2, 0) is 0 Å². The van der Waals surface area contributed by atoms with Gasteiger partial charge in [-0.1, -0.05) is 6.08 Å². The molecule has 0 saturated carbocycles. The normalized spacial score (nSPS) is 13.7. The molecule has 68 valence electrons. The summed E-state index contributed by atoms with van der Waals surface area (Å²) >= 11 is 0. The maximum Gasteiger partial charge on any atom is 0.130 e. The van der Waals surface area contributed by atoms with E-state index in [1.54, 1.807) is 6.07 Å². The second kappa shape index (κ2) is 2.80. The third-order valence-electron chi connectivity index (χ3n) is 2.35. The van der Waals surface area contributed by atoms with Crippen molar-refractivity contribution in [1.29, 1.82) is 0 Å². The Morgan fingerprint density at radius 2 is 2.15 bits per heavy atom. The molecule has 2 nitrogen and oxygen atoms in total. The monoisotopic (exact) mass is 176 g/mol. The molecule has 0 fully saturated rings. The minimum Gasteiger partial charge on any atom is -0.508 e. The van der Waals surface area contributed by atoms with Crippen molar-refractivity contribution in [2.75, 3.05) is 6.61 Å². The summed E-state index contributed by atoms with van der Waals surface area (Å²) in [7, 11) is 0. The average molecular weight is 176 g/mol. The number of hydrogen-bond acceptors (Lipinski definition) is 2. The Kier molecular flexibility index (Phi) is 1.76. The SMILES string of the molecule is Cc1cc(O)c(C)c2c1OCC=C2. The Morgan fingerprint density at radius 3 is 2.92 bits per heavy atom. The van der Waals surface area contributed by atoms with E-state index in [0.717, 1.165) is 22.4 Å². The third kappa shape index (κ3) is 1.18. The molecule has 1 aliphatic rings. The summed E-state index contributed by atoms with van der Waals surface area (Å²) in [5.74, 6) is 1.24. The zero-order valence-corrected chi connectivity index (χ0v) is 7.79. The molecule has 13 heavy (non-hydrogen) atoms. The number of ether oxygens (including phenoxy) is 1. The van der Waals surface area contributed by atoms with E-state index in [1.807, 2.05) is 26.0 Å². The summed E-state index contributed by atoms with van der Waals surface area (Å²) in [5.41, 5.74) is 2.88. The van der Waals surface area contributed by atoms with Gasteiger partial charge in [-0.25, -0.2) is 0 Å². The van der Waals surface area contributed by atoms with Gasteiger partial charge >= 0.3 is 0 Å². The largest absolute Gasteiger partial charge is 0.508 e. The summed E-state index contributed by atoms with van der Waals surface area (Å²) in [6, 6.07) is 1.74. The van der Waals surface area contributed by atoms with Gasteiger partial charge in [-0.3, -0.25) is 0 Å². The first kappa shape index (κ1) is 8.17. The molecular weight excluding hydrogens is 164 g/mol. The molecule has 1 N–H and O–H groups in total. The molecule has 1 aromatic carbocycles. The quantitative estimate of drug-likeness (QED) is 0.657. The highest BCUT2D eigenvalue weighted by Crippen LogP contribution is 2.35. The molecule has 0 atom stereocenters. The highest BCUT2D eigenvalue weighted by atomic mass is 16.5. The van der Waals surface area contributed by atoms with Crippen LogP contribution in [0, 0.1) is 13.8 Å². The topological polar surface area (TPSA) is 29.5 Å². The van der Waals surface area contributed by atoms with Gasteiger partial charge in [-0.05, 0) is 31.6 Å². The van der Waals surface area contributed by atoms with Crippen LogP contribution in [0.25, 0.3) is 6.08 Å². The van der Waals surface area contributed by atoms with Crippen LogP contribution >= 0.6 is 0 Å². The molecule has 0 unspecified atom stereocenters. The Labute approximate surface area is 77.5 Å². The maximum atomic E-state index is 9.57. The Balaban J connectivity index is 2.72. The Bertz CT molecular complexity index is 378. The lowest BCUT2D eigenvalue weighted by Gasteiger charge is -2.17. The number of rotatable bonds is 0. The Hall–Kier alpha value is -1.44. The van der Waals surface area contributed by atoms with Crippen molar-refractivity contribution in [3.63, 3.8) is 0 Å². The standard InChI is InChI=1S/C11H12O2/c1-7-6-10(12)8(2)9-4-3-5-13-11(7)9/h3-4,6,12H,5H2,1-2H3. The summed E-state index contributed by atoms with van der Waals surface area (Å²) in [4.78, 5) is 0. The van der Waals surface area contributed by atoms with E-state index in [2.05, 4.69) is 0 Å². The maximum absolute atomic E-state index is 9.57. The van der Waals surface area contributed by atoms with Crippen LogP contribution in [0.2, 0.25) is 0 Å². The molecule has 0 amide bonds. The summed E-state index contributed by atoms with van der Waals surface area (Å²) in [6.45, 7) is 4.46. The average Bonchev–Trinajstić information content (AvgIpc) is 2.15. The fourth-order valence-electron chi connectivity index (χ4n) is 1.59. The fourth-order valence-corrected chi connectivity index (χ4v) is 1.59. The van der Waals surface area contributed by atoms with Crippen LogP contribution in [0.5, 0.6) is 11.5 Å². The van der Waals surface area contributed by atoms with Gasteiger partial charge in [0, 0.05) is 11.1 Å². The van der Waals surface area contributed by atoms with E-state index in [0.29, 0.717) is 12.4 Å². The van der Waals surface area contributed by atoms with Crippen molar-refractivity contribution in [3.8, 4) is 11.5 Å². The van der Waals surface area contributed by atoms with E-state index in [1.165, 1.54) is 0 Å². The zero-order valence-electron chi connectivity index (χ0n) is 7.79. The molecule has 0 aromatic heterocycles. The predicted molar refractivity (Wildman–Crippen MR) is 52.1 cm³/mol. The van der Waals surface area contributed by atoms with E-state index in [9.17, 15) is 5.11 Å². The summed E-state index contributed by atoms with van der Waals surface area (Å²) < 4.78 is 5.49. The molecule has 0 aliphatic carbocycles. The van der Waals surface area contributed by atoms with Crippen LogP contribution in [0.1, 0.15) is 16.7 Å². The predicted octanol–water partition coefficient (Wildman–Crippen LogP) is 2.41. The third-order valence-corrected chi connectivity index (χ3v) is 2.35. The smallest absolute Gasteiger partial charge is 0.130 e. The van der Waals surface area contributed by atoms with Gasteiger partial charge in [-0.15, -0.1) is 0 Å². The highest BCUT2D eigenvalue weighted by Gasteiger charge is 2.13. The number of hydrogen-bond donors (Lipinski definition) is 1. The van der Waals surface area contributed by atoms with Crippen molar-refractivity contribution in [3.05, 3.63) is 28.8 Å². The van der Waals surface area contributed by atoms with E-state index in [-0.39, 0.29) is 0 Å². The van der Waals surface area contributed by atoms with Crippen molar-refractivity contribution in [1.82, 2.24) is 0 Å². The molecular formula is C11H12O2. The molecule has 1 aromatic rings. The first-order chi connectivity index (χ1) is 6.20. The van der Waals surface area contributed by atoms with Gasteiger partial charge in [0.25, 0.3) is 0 Å². The van der Waals surface area contributed by atoms with Crippen LogP contribution in [0.4, 0.5) is 0 Å². The lowest BCUT2D eigenvalue weighted by molar-refractivity contribution is 0.354. The minimum absolute atomic E-state index is 0.339. The Morgan fingerprint density at radius 1 is 1.38 bits per heavy atom. The van der Waals surface area contributed by atoms with Crippen LogP contribution < -0.4 is 4.74 Å². The van der Waals surface area contributed by atoms with Crippen LogP contribution in [0.3, 0.4) is 0 Å². The lowest BCUT2D eigenvalue weighted by Crippen LogP contribution is -2.03. The van der Waals surface area contributed by atoms with Crippen LogP contribution in [-0.4, -0.2) is 11.7 Å². The second-order valence-electron chi connectivity index (χ2n) is 3.29. The van der Waals surface area contributed by atoms with Gasteiger partial charge in [-0.2, -0.15) is 0 Å².